The van der Waals surface area contributed by atoms with Gasteiger partial charge in [0, 0.05) is 17.1 Å². The minimum absolute atomic E-state index is 0.222. The van der Waals surface area contributed by atoms with Gasteiger partial charge in [0.15, 0.2) is 0 Å². The molecule has 7 heteroatoms. The highest BCUT2D eigenvalue weighted by Gasteiger charge is 2.19. The fourth-order valence-electron chi connectivity index (χ4n) is 1.66. The van der Waals surface area contributed by atoms with E-state index in [-0.39, 0.29) is 6.54 Å². The molecule has 0 spiro atoms. The lowest BCUT2D eigenvalue weighted by Gasteiger charge is -2.06. The average molecular weight is 361 g/mol. The van der Waals surface area contributed by atoms with E-state index in [1.807, 2.05) is 6.07 Å². The van der Waals surface area contributed by atoms with Crippen molar-refractivity contribution < 1.29 is 8.42 Å². The van der Waals surface area contributed by atoms with E-state index in [1.165, 1.54) is 11.3 Å². The van der Waals surface area contributed by atoms with E-state index >= 15 is 0 Å². The molecule has 0 unspecified atom stereocenters. The van der Waals surface area contributed by atoms with E-state index in [0.29, 0.717) is 10.6 Å². The van der Waals surface area contributed by atoms with Crippen molar-refractivity contribution in [2.75, 3.05) is 5.73 Å². The Labute approximate surface area is 124 Å². The molecule has 0 fully saturated rings. The number of halogens is 1. The van der Waals surface area contributed by atoms with Gasteiger partial charge in [-0.3, -0.25) is 0 Å². The predicted molar refractivity (Wildman–Crippen MR) is 81.6 cm³/mol. The van der Waals surface area contributed by atoms with Gasteiger partial charge in [-0.25, -0.2) is 13.1 Å². The van der Waals surface area contributed by atoms with E-state index in [2.05, 4.69) is 20.7 Å². The molecule has 2 rings (SSSR count). The van der Waals surface area contributed by atoms with Gasteiger partial charge in [-0.2, -0.15) is 0 Å². The van der Waals surface area contributed by atoms with Crippen molar-refractivity contribution >= 4 is 43.0 Å². The number of anilines is 1. The quantitative estimate of drug-likeness (QED) is 0.823. The van der Waals surface area contributed by atoms with Gasteiger partial charge in [-0.1, -0.05) is 12.1 Å². The molecule has 1 aromatic carbocycles. The summed E-state index contributed by atoms with van der Waals surface area (Å²) >= 11 is 4.69. The Kier molecular flexibility index (Phi) is 4.29. The van der Waals surface area contributed by atoms with Crippen molar-refractivity contribution in [2.45, 2.75) is 18.4 Å². The minimum Gasteiger partial charge on any atom is -0.399 e. The Bertz CT molecular complexity index is 696. The Morgan fingerprint density at radius 3 is 2.68 bits per heavy atom. The summed E-state index contributed by atoms with van der Waals surface area (Å²) in [5.74, 6) is 0. The Morgan fingerprint density at radius 2 is 2.11 bits per heavy atom. The van der Waals surface area contributed by atoms with Gasteiger partial charge < -0.3 is 5.73 Å². The number of nitrogens with one attached hydrogen (secondary N) is 1. The van der Waals surface area contributed by atoms with E-state index in [1.54, 1.807) is 31.2 Å². The zero-order chi connectivity index (χ0) is 14.0. The number of hydrogen-bond donors (Lipinski definition) is 2. The van der Waals surface area contributed by atoms with E-state index in [0.717, 1.165) is 14.2 Å². The van der Waals surface area contributed by atoms with Gasteiger partial charge in [0.1, 0.15) is 0 Å². The first-order valence-corrected chi connectivity index (χ1v) is 8.58. The van der Waals surface area contributed by atoms with Crippen LogP contribution in [0.5, 0.6) is 0 Å². The van der Waals surface area contributed by atoms with Crippen molar-refractivity contribution in [2.24, 2.45) is 0 Å². The highest BCUT2D eigenvalue weighted by molar-refractivity contribution is 9.11. The third-order valence-corrected chi connectivity index (χ3v) is 5.76. The smallest absolute Gasteiger partial charge is 0.242 e. The van der Waals surface area contributed by atoms with Crippen molar-refractivity contribution in [3.05, 3.63) is 44.6 Å². The lowest BCUT2D eigenvalue weighted by Crippen LogP contribution is -2.23. The molecule has 0 aliphatic heterocycles. The molecule has 1 aromatic heterocycles. The summed E-state index contributed by atoms with van der Waals surface area (Å²) in [6, 6.07) is 8.75. The predicted octanol–water partition coefficient (Wildman–Crippen LogP) is 2.88. The fraction of sp³-hybridized carbons (Fsp3) is 0.167. The van der Waals surface area contributed by atoms with Crippen LogP contribution in [0, 0.1) is 6.92 Å². The lowest BCUT2D eigenvalue weighted by atomic mass is 10.2. The first-order chi connectivity index (χ1) is 8.88. The van der Waals surface area contributed by atoms with Gasteiger partial charge in [0.05, 0.1) is 8.68 Å². The van der Waals surface area contributed by atoms with Crippen LogP contribution in [0.4, 0.5) is 5.69 Å². The van der Waals surface area contributed by atoms with E-state index in [4.69, 9.17) is 5.73 Å². The molecule has 3 N–H and O–H groups in total. The molecular formula is C12H13BrN2O2S2. The van der Waals surface area contributed by atoms with Crippen LogP contribution in [0.15, 0.2) is 39.0 Å². The normalized spacial score (nSPS) is 11.7. The van der Waals surface area contributed by atoms with Crippen LogP contribution in [0.2, 0.25) is 0 Å². The molecule has 0 amide bonds. The number of nitrogens with two attached hydrogens (primary N) is 1. The van der Waals surface area contributed by atoms with Crippen molar-refractivity contribution in [1.82, 2.24) is 4.72 Å². The first kappa shape index (κ1) is 14.5. The number of thiophene rings is 1. The van der Waals surface area contributed by atoms with Crippen LogP contribution in [-0.4, -0.2) is 8.42 Å². The molecule has 0 aliphatic carbocycles. The zero-order valence-corrected chi connectivity index (χ0v) is 13.4. The van der Waals surface area contributed by atoms with Crippen LogP contribution >= 0.6 is 27.3 Å². The van der Waals surface area contributed by atoms with Crippen molar-refractivity contribution in [3.8, 4) is 0 Å². The summed E-state index contributed by atoms with van der Waals surface area (Å²) in [7, 11) is -3.49. The molecule has 0 saturated carbocycles. The van der Waals surface area contributed by atoms with E-state index < -0.39 is 10.0 Å². The summed E-state index contributed by atoms with van der Waals surface area (Å²) in [5.41, 5.74) is 7.10. The third-order valence-electron chi connectivity index (χ3n) is 2.55. The van der Waals surface area contributed by atoms with Gasteiger partial charge in [0.25, 0.3) is 0 Å². The molecular weight excluding hydrogens is 348 g/mol. The van der Waals surface area contributed by atoms with Crippen LogP contribution < -0.4 is 10.5 Å². The first-order valence-electron chi connectivity index (χ1n) is 5.48. The second kappa shape index (κ2) is 5.62. The van der Waals surface area contributed by atoms with Crippen molar-refractivity contribution in [1.29, 1.82) is 0 Å². The maximum atomic E-state index is 12.2. The maximum absolute atomic E-state index is 12.2. The summed E-state index contributed by atoms with van der Waals surface area (Å²) < 4.78 is 27.7. The monoisotopic (exact) mass is 360 g/mol. The van der Waals surface area contributed by atoms with Crippen LogP contribution in [0.3, 0.4) is 0 Å². The highest BCUT2D eigenvalue weighted by Crippen LogP contribution is 2.29. The molecule has 0 atom stereocenters. The third kappa shape index (κ3) is 3.56. The number of nitrogen functional groups attached to an aromatic ring is 1. The fourth-order valence-corrected chi connectivity index (χ4v) is 5.09. The summed E-state index contributed by atoms with van der Waals surface area (Å²) in [5, 5.41) is 0. The number of hydrogen-bond acceptors (Lipinski definition) is 4. The lowest BCUT2D eigenvalue weighted by molar-refractivity contribution is 0.581. The standard InChI is InChI=1S/C12H13BrN2O2S2/c1-8-11(6-12(13)18-8)19(16,17)15-7-9-3-2-4-10(14)5-9/h2-6,15H,7,14H2,1H3. The molecule has 1 heterocycles. The molecule has 19 heavy (non-hydrogen) atoms. The van der Waals surface area contributed by atoms with Crippen molar-refractivity contribution in [3.63, 3.8) is 0 Å². The molecule has 0 aliphatic rings. The van der Waals surface area contributed by atoms with Crippen LogP contribution in [-0.2, 0) is 16.6 Å². The van der Waals surface area contributed by atoms with Gasteiger partial charge >= 0.3 is 0 Å². The maximum Gasteiger partial charge on any atom is 0.242 e. The highest BCUT2D eigenvalue weighted by atomic mass is 79.9. The molecule has 4 nitrogen and oxygen atoms in total. The minimum atomic E-state index is -3.49. The van der Waals surface area contributed by atoms with Crippen LogP contribution in [0.1, 0.15) is 10.4 Å². The molecule has 0 saturated heterocycles. The Morgan fingerprint density at radius 1 is 1.37 bits per heavy atom. The molecule has 0 radical (unpaired) electrons. The molecule has 0 bridgehead atoms. The Balaban J connectivity index is 2.16. The summed E-state index contributed by atoms with van der Waals surface area (Å²) in [4.78, 5) is 1.07. The number of benzene rings is 1. The second-order valence-corrected chi connectivity index (χ2v) is 8.41. The number of aryl methyl sites for hydroxylation is 1. The number of rotatable bonds is 4. The number of sulfonamides is 1. The largest absolute Gasteiger partial charge is 0.399 e. The van der Waals surface area contributed by atoms with Gasteiger partial charge in [-0.15, -0.1) is 11.3 Å². The second-order valence-electron chi connectivity index (χ2n) is 4.04. The van der Waals surface area contributed by atoms with Crippen LogP contribution in [0.25, 0.3) is 0 Å². The molecule has 2 aromatic rings. The Hall–Kier alpha value is -0.890. The zero-order valence-electron chi connectivity index (χ0n) is 10.2. The van der Waals surface area contributed by atoms with Gasteiger partial charge in [0.2, 0.25) is 10.0 Å². The topological polar surface area (TPSA) is 72.2 Å². The SMILES string of the molecule is Cc1sc(Br)cc1S(=O)(=O)NCc1cccc(N)c1. The summed E-state index contributed by atoms with van der Waals surface area (Å²) in [6.07, 6.45) is 0. The summed E-state index contributed by atoms with van der Waals surface area (Å²) in [6.45, 7) is 2.00. The van der Waals surface area contributed by atoms with Gasteiger partial charge in [-0.05, 0) is 46.6 Å². The average Bonchev–Trinajstić information content (AvgIpc) is 2.67. The van der Waals surface area contributed by atoms with E-state index in [9.17, 15) is 8.42 Å². The molecule has 102 valence electrons.